The molecule has 0 spiro atoms. The fourth-order valence-corrected chi connectivity index (χ4v) is 3.59. The zero-order chi connectivity index (χ0) is 21.6. The number of carbonyl (C=O) groups is 2. The van der Waals surface area contributed by atoms with E-state index >= 15 is 0 Å². The third-order valence-electron chi connectivity index (χ3n) is 5.36. The van der Waals surface area contributed by atoms with Crippen LogP contribution in [0, 0.1) is 5.92 Å². The van der Waals surface area contributed by atoms with E-state index in [4.69, 9.17) is 14.0 Å². The van der Waals surface area contributed by atoms with Gasteiger partial charge < -0.3 is 18.9 Å². The number of methoxy groups -OCH3 is 1. The Balaban J connectivity index is 1.27. The number of hydrogen-bond donors (Lipinski definition) is 0. The molecule has 7 nitrogen and oxygen atoms in total. The topological polar surface area (TPSA) is 81.9 Å². The Morgan fingerprint density at radius 2 is 1.94 bits per heavy atom. The van der Waals surface area contributed by atoms with Gasteiger partial charge in [-0.05, 0) is 36.2 Å². The van der Waals surface area contributed by atoms with Gasteiger partial charge in [0.05, 0.1) is 13.0 Å². The van der Waals surface area contributed by atoms with Gasteiger partial charge in [0.15, 0.2) is 12.4 Å². The summed E-state index contributed by atoms with van der Waals surface area (Å²) >= 11 is 0. The molecule has 0 N–H and O–H groups in total. The highest BCUT2D eigenvalue weighted by Crippen LogP contribution is 2.24. The number of esters is 1. The first-order chi connectivity index (χ1) is 15.1. The lowest BCUT2D eigenvalue weighted by atomic mass is 10.1. The zero-order valence-corrected chi connectivity index (χ0v) is 17.3. The highest BCUT2D eigenvalue weighted by molar-refractivity contribution is 5.86. The first-order valence-corrected chi connectivity index (χ1v) is 10.2. The van der Waals surface area contributed by atoms with E-state index < -0.39 is 11.9 Å². The van der Waals surface area contributed by atoms with Crippen LogP contribution in [0.4, 0.5) is 0 Å². The van der Waals surface area contributed by atoms with Gasteiger partial charge in [0, 0.05) is 31.1 Å². The second kappa shape index (κ2) is 9.47. The Morgan fingerprint density at radius 3 is 2.68 bits per heavy atom. The van der Waals surface area contributed by atoms with E-state index in [9.17, 15) is 9.59 Å². The minimum Gasteiger partial charge on any atom is -0.497 e. The van der Waals surface area contributed by atoms with E-state index in [1.165, 1.54) is 5.56 Å². The van der Waals surface area contributed by atoms with Gasteiger partial charge in [0.2, 0.25) is 5.91 Å². The van der Waals surface area contributed by atoms with Gasteiger partial charge in [-0.3, -0.25) is 9.59 Å². The summed E-state index contributed by atoms with van der Waals surface area (Å²) in [5, 5.41) is 4.03. The van der Waals surface area contributed by atoms with Crippen LogP contribution in [0.1, 0.15) is 17.7 Å². The van der Waals surface area contributed by atoms with E-state index in [-0.39, 0.29) is 18.9 Å². The molecule has 1 saturated heterocycles. The van der Waals surface area contributed by atoms with Gasteiger partial charge in [-0.25, -0.2) is 0 Å². The smallest absolute Gasteiger partial charge is 0.311 e. The lowest BCUT2D eigenvalue weighted by molar-refractivity contribution is -0.150. The average Bonchev–Trinajstić information content (AvgIpc) is 3.43. The summed E-state index contributed by atoms with van der Waals surface area (Å²) in [5.41, 5.74) is 2.69. The van der Waals surface area contributed by atoms with Crippen LogP contribution in [0.3, 0.4) is 0 Å². The van der Waals surface area contributed by atoms with Crippen LogP contribution in [0.25, 0.3) is 11.3 Å². The molecule has 4 rings (SSSR count). The maximum Gasteiger partial charge on any atom is 0.311 e. The maximum absolute atomic E-state index is 12.5. The number of benzene rings is 2. The van der Waals surface area contributed by atoms with E-state index in [1.54, 1.807) is 18.1 Å². The quantitative estimate of drug-likeness (QED) is 0.519. The van der Waals surface area contributed by atoms with Crippen molar-refractivity contribution in [2.24, 2.45) is 5.92 Å². The molecule has 2 heterocycles. The number of amides is 1. The molecule has 1 unspecified atom stereocenters. The van der Waals surface area contributed by atoms with Crippen molar-refractivity contribution in [1.29, 1.82) is 0 Å². The van der Waals surface area contributed by atoms with Gasteiger partial charge in [-0.1, -0.05) is 35.5 Å². The summed E-state index contributed by atoms with van der Waals surface area (Å²) in [5.74, 6) is 0.347. The summed E-state index contributed by atoms with van der Waals surface area (Å²) in [6.07, 6.45) is 0.946. The van der Waals surface area contributed by atoms with Crippen LogP contribution >= 0.6 is 0 Å². The fraction of sp³-hybridized carbons (Fsp3) is 0.292. The zero-order valence-electron chi connectivity index (χ0n) is 17.3. The first kappa shape index (κ1) is 20.7. The molecule has 2 aromatic carbocycles. The van der Waals surface area contributed by atoms with Crippen LogP contribution in [-0.4, -0.2) is 42.1 Å². The van der Waals surface area contributed by atoms with Crippen molar-refractivity contribution in [3.8, 4) is 17.0 Å². The predicted octanol–water partition coefficient (Wildman–Crippen LogP) is 3.48. The van der Waals surface area contributed by atoms with Gasteiger partial charge in [-0.15, -0.1) is 0 Å². The molecule has 1 aliphatic heterocycles. The van der Waals surface area contributed by atoms with E-state index in [1.807, 2.05) is 54.6 Å². The van der Waals surface area contributed by atoms with E-state index in [0.717, 1.165) is 17.7 Å². The van der Waals surface area contributed by atoms with Gasteiger partial charge >= 0.3 is 5.97 Å². The normalized spacial score (nSPS) is 15.8. The van der Waals surface area contributed by atoms with Crippen LogP contribution < -0.4 is 4.74 Å². The molecular formula is C24H24N2O5. The number of ether oxygens (including phenoxy) is 2. The highest BCUT2D eigenvalue weighted by atomic mass is 16.5. The standard InChI is InChI=1S/C24H24N2O5/c1-29-20-9-7-18(8-10-20)22-14-21(31-25-22)16-30-24(28)19-13-23(27)26(15-19)12-11-17-5-3-2-4-6-17/h2-10,14,19H,11-13,15-16H2,1H3. The molecule has 1 amide bonds. The van der Waals surface area contributed by atoms with E-state index in [2.05, 4.69) is 5.16 Å². The summed E-state index contributed by atoms with van der Waals surface area (Å²) in [4.78, 5) is 26.5. The summed E-state index contributed by atoms with van der Waals surface area (Å²) in [6, 6.07) is 19.1. The number of hydrogen-bond acceptors (Lipinski definition) is 6. The Labute approximate surface area is 180 Å². The largest absolute Gasteiger partial charge is 0.497 e. The predicted molar refractivity (Wildman–Crippen MR) is 113 cm³/mol. The molecule has 160 valence electrons. The van der Waals surface area contributed by atoms with Gasteiger partial charge in [0.1, 0.15) is 11.4 Å². The molecule has 1 aromatic heterocycles. The lowest BCUT2D eigenvalue weighted by Crippen LogP contribution is -2.28. The highest BCUT2D eigenvalue weighted by Gasteiger charge is 2.35. The van der Waals surface area contributed by atoms with Gasteiger partial charge in [0.25, 0.3) is 0 Å². The maximum atomic E-state index is 12.5. The summed E-state index contributed by atoms with van der Waals surface area (Å²) < 4.78 is 15.8. The second-order valence-electron chi connectivity index (χ2n) is 7.49. The van der Waals surface area contributed by atoms with Gasteiger partial charge in [-0.2, -0.15) is 0 Å². The van der Waals surface area contributed by atoms with Crippen molar-refractivity contribution in [2.45, 2.75) is 19.4 Å². The first-order valence-electron chi connectivity index (χ1n) is 10.2. The van der Waals surface area contributed by atoms with Crippen LogP contribution in [-0.2, 0) is 27.4 Å². The van der Waals surface area contributed by atoms with E-state index in [0.29, 0.717) is 24.5 Å². The Kier molecular flexibility index (Phi) is 6.31. The monoisotopic (exact) mass is 420 g/mol. The lowest BCUT2D eigenvalue weighted by Gasteiger charge is -2.16. The van der Waals surface area contributed by atoms with Crippen molar-refractivity contribution in [1.82, 2.24) is 10.1 Å². The third kappa shape index (κ3) is 5.12. The molecule has 3 aromatic rings. The average molecular weight is 420 g/mol. The SMILES string of the molecule is COc1ccc(-c2cc(COC(=O)C3CC(=O)N(CCc4ccccc4)C3)on2)cc1. The molecule has 0 aliphatic carbocycles. The molecule has 1 fully saturated rings. The molecule has 1 atom stereocenters. The van der Waals surface area contributed by atoms with Crippen LogP contribution in [0.5, 0.6) is 5.75 Å². The molecule has 1 aliphatic rings. The second-order valence-corrected chi connectivity index (χ2v) is 7.49. The summed E-state index contributed by atoms with van der Waals surface area (Å²) in [6.45, 7) is 0.967. The molecule has 7 heteroatoms. The van der Waals surface area contributed by atoms with Crippen molar-refractivity contribution >= 4 is 11.9 Å². The minimum absolute atomic E-state index is 0.0145. The summed E-state index contributed by atoms with van der Waals surface area (Å²) in [7, 11) is 1.61. The molecule has 0 radical (unpaired) electrons. The molecule has 0 saturated carbocycles. The number of carbonyl (C=O) groups excluding carboxylic acids is 2. The number of nitrogens with zero attached hydrogens (tertiary/aromatic N) is 2. The van der Waals surface area contributed by atoms with Crippen molar-refractivity contribution in [3.63, 3.8) is 0 Å². The minimum atomic E-state index is -0.452. The van der Waals surface area contributed by atoms with Crippen LogP contribution in [0.2, 0.25) is 0 Å². The van der Waals surface area contributed by atoms with Crippen LogP contribution in [0.15, 0.2) is 65.2 Å². The van der Waals surface area contributed by atoms with Crippen molar-refractivity contribution in [3.05, 3.63) is 72.0 Å². The molecule has 0 bridgehead atoms. The Morgan fingerprint density at radius 1 is 1.16 bits per heavy atom. The molecular weight excluding hydrogens is 396 g/mol. The van der Waals surface area contributed by atoms with Crippen molar-refractivity contribution < 1.29 is 23.6 Å². The Bertz CT molecular complexity index is 1030. The third-order valence-corrected chi connectivity index (χ3v) is 5.36. The fourth-order valence-electron chi connectivity index (χ4n) is 3.59. The number of aromatic nitrogens is 1. The van der Waals surface area contributed by atoms with Crippen molar-refractivity contribution in [2.75, 3.05) is 20.2 Å². The molecule has 31 heavy (non-hydrogen) atoms. The number of rotatable bonds is 8. The number of likely N-dealkylation sites (tertiary alicyclic amines) is 1. The Hall–Kier alpha value is -3.61.